The van der Waals surface area contributed by atoms with Crippen molar-refractivity contribution in [1.29, 1.82) is 0 Å². The molecule has 0 fully saturated rings. The summed E-state index contributed by atoms with van der Waals surface area (Å²) in [7, 11) is 0. The molecule has 1 aliphatic heterocycles. The number of hydrogen-bond donors (Lipinski definition) is 2. The van der Waals surface area contributed by atoms with Crippen LogP contribution in [0.15, 0.2) is 18.2 Å². The summed E-state index contributed by atoms with van der Waals surface area (Å²) in [5.74, 6) is 1.27. The monoisotopic (exact) mass is 264 g/mol. The van der Waals surface area contributed by atoms with E-state index in [2.05, 4.69) is 5.32 Å². The maximum absolute atomic E-state index is 10.9. The van der Waals surface area contributed by atoms with Crippen LogP contribution in [0.25, 0.3) is 0 Å². The molecule has 2 rings (SSSR count). The number of primary amides is 1. The minimum atomic E-state index is -0.297. The van der Waals surface area contributed by atoms with Gasteiger partial charge in [0.2, 0.25) is 5.91 Å². The number of hydrogen-bond acceptors (Lipinski definition) is 4. The van der Waals surface area contributed by atoms with Gasteiger partial charge in [0, 0.05) is 18.5 Å². The highest BCUT2D eigenvalue weighted by molar-refractivity contribution is 5.74. The van der Waals surface area contributed by atoms with Crippen LogP contribution in [0.5, 0.6) is 11.5 Å². The molecule has 1 aliphatic rings. The first-order valence-electron chi connectivity index (χ1n) is 6.50. The highest BCUT2D eigenvalue weighted by Crippen LogP contribution is 2.32. The van der Waals surface area contributed by atoms with Gasteiger partial charge in [-0.25, -0.2) is 0 Å². The zero-order valence-corrected chi connectivity index (χ0v) is 11.3. The molecule has 19 heavy (non-hydrogen) atoms. The van der Waals surface area contributed by atoms with Crippen LogP contribution in [0, 0.1) is 0 Å². The first-order valence-corrected chi connectivity index (χ1v) is 6.50. The van der Waals surface area contributed by atoms with E-state index in [-0.39, 0.29) is 18.0 Å². The van der Waals surface area contributed by atoms with Crippen molar-refractivity contribution in [2.24, 2.45) is 5.73 Å². The molecule has 0 bridgehead atoms. The molecule has 1 aromatic rings. The lowest BCUT2D eigenvalue weighted by Gasteiger charge is -2.23. The van der Waals surface area contributed by atoms with E-state index in [1.165, 1.54) is 0 Å². The van der Waals surface area contributed by atoms with E-state index < -0.39 is 0 Å². The van der Waals surface area contributed by atoms with Gasteiger partial charge < -0.3 is 20.5 Å². The predicted octanol–water partition coefficient (Wildman–Crippen LogP) is 1.37. The van der Waals surface area contributed by atoms with Gasteiger partial charge in [-0.1, -0.05) is 6.07 Å². The van der Waals surface area contributed by atoms with Crippen molar-refractivity contribution >= 4 is 5.91 Å². The van der Waals surface area contributed by atoms with Crippen molar-refractivity contribution in [3.05, 3.63) is 23.8 Å². The Hall–Kier alpha value is -1.75. The quantitative estimate of drug-likeness (QED) is 0.842. The molecule has 5 heteroatoms. The predicted molar refractivity (Wildman–Crippen MR) is 72.3 cm³/mol. The largest absolute Gasteiger partial charge is 0.486 e. The molecule has 1 aromatic carbocycles. The van der Waals surface area contributed by atoms with Crippen LogP contribution in [0.2, 0.25) is 0 Å². The molecule has 2 atom stereocenters. The van der Waals surface area contributed by atoms with E-state index in [0.717, 1.165) is 17.1 Å². The molecule has 104 valence electrons. The van der Waals surface area contributed by atoms with Gasteiger partial charge in [-0.2, -0.15) is 0 Å². The maximum Gasteiger partial charge on any atom is 0.218 e. The minimum Gasteiger partial charge on any atom is -0.486 e. The fourth-order valence-electron chi connectivity index (χ4n) is 2.21. The van der Waals surface area contributed by atoms with E-state index in [1.54, 1.807) is 0 Å². The second-order valence-corrected chi connectivity index (χ2v) is 4.86. The lowest BCUT2D eigenvalue weighted by Crippen LogP contribution is -2.33. The van der Waals surface area contributed by atoms with Crippen molar-refractivity contribution in [3.63, 3.8) is 0 Å². The molecule has 2 unspecified atom stereocenters. The van der Waals surface area contributed by atoms with Crippen LogP contribution < -0.4 is 20.5 Å². The highest BCUT2D eigenvalue weighted by Gasteiger charge is 2.16. The number of fused-ring (bicyclic) bond motifs is 1. The third-order valence-corrected chi connectivity index (χ3v) is 3.11. The van der Waals surface area contributed by atoms with Crippen LogP contribution in [0.3, 0.4) is 0 Å². The Morgan fingerprint density at radius 1 is 1.32 bits per heavy atom. The number of rotatable bonds is 5. The fourth-order valence-corrected chi connectivity index (χ4v) is 2.21. The number of carbonyl (C=O) groups excluding carboxylic acids is 1. The van der Waals surface area contributed by atoms with Crippen LogP contribution >= 0.6 is 0 Å². The summed E-state index contributed by atoms with van der Waals surface area (Å²) in [4.78, 5) is 10.9. The first kappa shape index (κ1) is 13.7. The number of benzene rings is 1. The Kier molecular flexibility index (Phi) is 4.27. The second-order valence-electron chi connectivity index (χ2n) is 4.86. The zero-order chi connectivity index (χ0) is 13.8. The first-order chi connectivity index (χ1) is 9.06. The third kappa shape index (κ3) is 3.61. The van der Waals surface area contributed by atoms with E-state index >= 15 is 0 Å². The van der Waals surface area contributed by atoms with Gasteiger partial charge in [-0.05, 0) is 31.5 Å². The van der Waals surface area contributed by atoms with E-state index in [1.807, 2.05) is 32.0 Å². The molecule has 1 heterocycles. The van der Waals surface area contributed by atoms with Crippen molar-refractivity contribution in [2.45, 2.75) is 32.4 Å². The Labute approximate surface area is 113 Å². The number of nitrogens with two attached hydrogens (primary N) is 1. The Morgan fingerprint density at radius 2 is 2.00 bits per heavy atom. The molecule has 0 spiro atoms. The maximum atomic E-state index is 10.9. The summed E-state index contributed by atoms with van der Waals surface area (Å²) in [5.41, 5.74) is 6.28. The molecule has 0 saturated heterocycles. The van der Waals surface area contributed by atoms with Crippen LogP contribution in [0.1, 0.15) is 31.9 Å². The van der Waals surface area contributed by atoms with Gasteiger partial charge in [0.05, 0.1) is 0 Å². The number of ether oxygens (including phenoxy) is 2. The molecule has 0 aliphatic carbocycles. The lowest BCUT2D eigenvalue weighted by molar-refractivity contribution is -0.118. The molecule has 0 saturated carbocycles. The van der Waals surface area contributed by atoms with Crippen molar-refractivity contribution < 1.29 is 14.3 Å². The summed E-state index contributed by atoms with van der Waals surface area (Å²) < 4.78 is 11.0. The summed E-state index contributed by atoms with van der Waals surface area (Å²) >= 11 is 0. The fraction of sp³-hybridized carbons (Fsp3) is 0.500. The topological polar surface area (TPSA) is 73.6 Å². The van der Waals surface area contributed by atoms with Gasteiger partial charge in [-0.3, -0.25) is 4.79 Å². The lowest BCUT2D eigenvalue weighted by atomic mass is 10.1. The Bertz CT molecular complexity index is 462. The molecule has 0 aromatic heterocycles. The van der Waals surface area contributed by atoms with Crippen LogP contribution in [-0.2, 0) is 4.79 Å². The third-order valence-electron chi connectivity index (χ3n) is 3.11. The van der Waals surface area contributed by atoms with E-state index in [9.17, 15) is 4.79 Å². The molecular formula is C14H20N2O3. The molecule has 5 nitrogen and oxygen atoms in total. The average Bonchev–Trinajstić information content (AvgIpc) is 2.37. The molecular weight excluding hydrogens is 244 g/mol. The van der Waals surface area contributed by atoms with E-state index in [0.29, 0.717) is 19.6 Å². The summed E-state index contributed by atoms with van der Waals surface area (Å²) in [6.45, 7) is 5.16. The van der Waals surface area contributed by atoms with Gasteiger partial charge in [-0.15, -0.1) is 0 Å². The standard InChI is InChI=1S/C14H20N2O3/c1-9(7-14(15)17)16-10(2)11-3-4-12-13(8-11)19-6-5-18-12/h3-4,8-10,16H,5-7H2,1-2H3,(H2,15,17). The number of nitrogens with one attached hydrogen (secondary N) is 1. The Balaban J connectivity index is 2.02. The SMILES string of the molecule is CC(CC(N)=O)NC(C)c1ccc2c(c1)OCCO2. The van der Waals surface area contributed by atoms with Gasteiger partial charge in [0.15, 0.2) is 11.5 Å². The van der Waals surface area contributed by atoms with E-state index in [4.69, 9.17) is 15.2 Å². The van der Waals surface area contributed by atoms with Crippen molar-refractivity contribution in [3.8, 4) is 11.5 Å². The number of carbonyl (C=O) groups is 1. The smallest absolute Gasteiger partial charge is 0.218 e. The summed E-state index contributed by atoms with van der Waals surface area (Å²) in [6, 6.07) is 6.05. The molecule has 1 amide bonds. The summed E-state index contributed by atoms with van der Waals surface area (Å²) in [5, 5.41) is 3.34. The van der Waals surface area contributed by atoms with Crippen molar-refractivity contribution in [1.82, 2.24) is 5.32 Å². The minimum absolute atomic E-state index is 0.0423. The van der Waals surface area contributed by atoms with Gasteiger partial charge in [0.25, 0.3) is 0 Å². The zero-order valence-electron chi connectivity index (χ0n) is 11.3. The second kappa shape index (κ2) is 5.93. The summed E-state index contributed by atoms with van der Waals surface area (Å²) in [6.07, 6.45) is 0.328. The molecule has 0 radical (unpaired) electrons. The van der Waals surface area contributed by atoms with Gasteiger partial charge >= 0.3 is 0 Å². The normalized spacial score (nSPS) is 16.7. The van der Waals surface area contributed by atoms with Crippen LogP contribution in [-0.4, -0.2) is 25.2 Å². The highest BCUT2D eigenvalue weighted by atomic mass is 16.6. The average molecular weight is 264 g/mol. The van der Waals surface area contributed by atoms with Gasteiger partial charge in [0.1, 0.15) is 13.2 Å². The molecule has 3 N–H and O–H groups in total. The number of amides is 1. The van der Waals surface area contributed by atoms with Crippen LogP contribution in [0.4, 0.5) is 0 Å². The Morgan fingerprint density at radius 3 is 2.68 bits per heavy atom. The van der Waals surface area contributed by atoms with Crippen molar-refractivity contribution in [2.75, 3.05) is 13.2 Å².